The lowest BCUT2D eigenvalue weighted by molar-refractivity contribution is -0.115. The van der Waals surface area contributed by atoms with E-state index in [0.717, 1.165) is 39.9 Å². The zero-order valence-electron chi connectivity index (χ0n) is 21.4. The molecule has 1 aromatic carbocycles. The van der Waals surface area contributed by atoms with Gasteiger partial charge in [-0.05, 0) is 56.4 Å². The Morgan fingerprint density at radius 3 is 2.67 bits per heavy atom. The highest BCUT2D eigenvalue weighted by atomic mass is 32.2. The number of hydrogen-bond donors (Lipinski definition) is 1. The van der Waals surface area contributed by atoms with Crippen molar-refractivity contribution in [1.29, 1.82) is 0 Å². The Morgan fingerprint density at radius 2 is 1.95 bits per heavy atom. The molecule has 1 aliphatic rings. The number of carbonyl (C=O) groups excluding carboxylic acids is 3. The summed E-state index contributed by atoms with van der Waals surface area (Å²) < 4.78 is 38.2. The first-order valence-corrected chi connectivity index (χ1v) is 15.6. The number of terminal acetylenes is 1. The molecule has 39 heavy (non-hydrogen) atoms. The predicted molar refractivity (Wildman–Crippen MR) is 150 cm³/mol. The Morgan fingerprint density at radius 1 is 1.18 bits per heavy atom. The van der Waals surface area contributed by atoms with Crippen LogP contribution in [0.5, 0.6) is 5.75 Å². The molecule has 206 valence electrons. The third kappa shape index (κ3) is 6.58. The van der Waals surface area contributed by atoms with E-state index in [0.29, 0.717) is 18.8 Å². The van der Waals surface area contributed by atoms with Crippen LogP contribution in [0.4, 0.5) is 5.00 Å². The molecule has 2 heterocycles. The number of benzene rings is 1. The van der Waals surface area contributed by atoms with E-state index < -0.39 is 39.1 Å². The quantitative estimate of drug-likeness (QED) is 0.300. The average Bonchev–Trinajstić information content (AvgIpc) is 3.40. The van der Waals surface area contributed by atoms with Crippen LogP contribution in [0.2, 0.25) is 0 Å². The first kappa shape index (κ1) is 28.5. The van der Waals surface area contributed by atoms with Crippen molar-refractivity contribution in [2.45, 2.75) is 39.2 Å². The number of fused-ring (bicyclic) bond motifs is 2. The Bertz CT molecular complexity index is 1660. The van der Waals surface area contributed by atoms with E-state index in [9.17, 15) is 22.8 Å². The highest BCUT2D eigenvalue weighted by molar-refractivity contribution is 7.92. The Labute approximate surface area is 233 Å². The van der Waals surface area contributed by atoms with Crippen molar-refractivity contribution in [2.75, 3.05) is 30.5 Å². The molecule has 1 N–H and O–H groups in total. The van der Waals surface area contributed by atoms with Crippen molar-refractivity contribution in [3.8, 4) is 18.1 Å². The minimum atomic E-state index is -4.16. The molecule has 2 aromatic heterocycles. The summed E-state index contributed by atoms with van der Waals surface area (Å²) in [4.78, 5) is 42.9. The lowest BCUT2D eigenvalue weighted by Gasteiger charge is -2.11. The predicted octanol–water partition coefficient (Wildman–Crippen LogP) is 2.94. The number of rotatable bonds is 9. The second kappa shape index (κ2) is 12.1. The summed E-state index contributed by atoms with van der Waals surface area (Å²) >= 11 is 2.42. The largest absolute Gasteiger partial charge is 0.494 e. The number of aromatic nitrogens is 1. The van der Waals surface area contributed by atoms with Gasteiger partial charge in [0.1, 0.15) is 22.3 Å². The number of hydrogen-bond acceptors (Lipinski definition) is 9. The van der Waals surface area contributed by atoms with Crippen LogP contribution < -0.4 is 14.9 Å². The number of aryl methyl sites for hydroxylation is 1. The van der Waals surface area contributed by atoms with Crippen LogP contribution in [0.25, 0.3) is 10.2 Å². The highest BCUT2D eigenvalue weighted by Gasteiger charge is 2.28. The Kier molecular flexibility index (Phi) is 8.89. The number of esters is 1. The van der Waals surface area contributed by atoms with Crippen LogP contribution in [0.1, 0.15) is 40.6 Å². The fourth-order valence-corrected chi connectivity index (χ4v) is 7.74. The van der Waals surface area contributed by atoms with Crippen molar-refractivity contribution >= 4 is 65.5 Å². The van der Waals surface area contributed by atoms with Gasteiger partial charge < -0.3 is 19.4 Å². The van der Waals surface area contributed by atoms with E-state index in [-0.39, 0.29) is 21.9 Å². The number of thiazole rings is 1. The molecular weight excluding hydrogens is 563 g/mol. The van der Waals surface area contributed by atoms with Gasteiger partial charge in [-0.25, -0.2) is 13.2 Å². The third-order valence-electron chi connectivity index (χ3n) is 5.94. The summed E-state index contributed by atoms with van der Waals surface area (Å²) in [6.07, 6.45) is 8.83. The number of sulfone groups is 1. The Hall–Kier alpha value is -3.47. The van der Waals surface area contributed by atoms with Gasteiger partial charge in [0.05, 0.1) is 36.0 Å². The minimum absolute atomic E-state index is 0.128. The summed E-state index contributed by atoms with van der Waals surface area (Å²) in [7, 11) is -2.91. The third-order valence-corrected chi connectivity index (χ3v) is 9.58. The van der Waals surface area contributed by atoms with Crippen LogP contribution in [-0.4, -0.2) is 56.0 Å². The van der Waals surface area contributed by atoms with Crippen molar-refractivity contribution in [2.24, 2.45) is 4.99 Å². The zero-order chi connectivity index (χ0) is 28.2. The molecule has 2 amide bonds. The number of nitrogens with one attached hydrogen (secondary N) is 1. The highest BCUT2D eigenvalue weighted by Crippen LogP contribution is 2.38. The van der Waals surface area contributed by atoms with E-state index in [1.807, 2.05) is 6.92 Å². The van der Waals surface area contributed by atoms with Crippen LogP contribution in [0, 0.1) is 12.3 Å². The summed E-state index contributed by atoms with van der Waals surface area (Å²) in [5.41, 5.74) is 1.84. The normalized spacial score (nSPS) is 13.5. The van der Waals surface area contributed by atoms with E-state index in [1.54, 1.807) is 22.8 Å². The maximum atomic E-state index is 12.7. The summed E-state index contributed by atoms with van der Waals surface area (Å²) in [5.74, 6) is -1.10. The smallest absolute Gasteiger partial charge is 0.341 e. The van der Waals surface area contributed by atoms with Crippen LogP contribution in [0.3, 0.4) is 0 Å². The molecule has 0 aliphatic heterocycles. The second-order valence-electron chi connectivity index (χ2n) is 8.73. The maximum absolute atomic E-state index is 12.7. The number of carbonyl (C=O) groups is 3. The van der Waals surface area contributed by atoms with Gasteiger partial charge in [0, 0.05) is 4.88 Å². The van der Waals surface area contributed by atoms with Gasteiger partial charge in [-0.3, -0.25) is 9.59 Å². The summed E-state index contributed by atoms with van der Waals surface area (Å²) in [6, 6.07) is 5.37. The van der Waals surface area contributed by atoms with E-state index in [4.69, 9.17) is 15.9 Å². The fourth-order valence-electron chi connectivity index (χ4n) is 4.35. The molecule has 0 saturated carbocycles. The molecule has 0 atom stereocenters. The van der Waals surface area contributed by atoms with Gasteiger partial charge >= 0.3 is 5.97 Å². The molecule has 0 bridgehead atoms. The van der Waals surface area contributed by atoms with Gasteiger partial charge in [-0.15, -0.1) is 17.8 Å². The number of amides is 2. The van der Waals surface area contributed by atoms with Gasteiger partial charge in [-0.2, -0.15) is 4.99 Å². The van der Waals surface area contributed by atoms with Gasteiger partial charge in [0.15, 0.2) is 14.6 Å². The number of methoxy groups -OCH3 is 1. The molecule has 0 saturated heterocycles. The van der Waals surface area contributed by atoms with Crippen molar-refractivity contribution in [1.82, 2.24) is 4.57 Å². The van der Waals surface area contributed by atoms with Crippen molar-refractivity contribution in [3.05, 3.63) is 39.0 Å². The fraction of sp³-hybridized carbons (Fsp3) is 0.385. The standard InChI is InChI=1S/C26H27N3O7S3/c1-4-12-29-18-11-10-16(36-5-2)13-20(18)38-26(29)28-22(31)15-39(33,34)14-21(30)27-24-23(25(32)35-3)17-8-6-7-9-19(17)37-24/h1,10-11,13H,5-9,12,14-15H2,2-3H3,(H,27,30). The summed E-state index contributed by atoms with van der Waals surface area (Å²) in [6.45, 7) is 2.48. The van der Waals surface area contributed by atoms with Crippen LogP contribution in [-0.2, 0) is 43.5 Å². The topological polar surface area (TPSA) is 133 Å². The monoisotopic (exact) mass is 589 g/mol. The molecule has 0 radical (unpaired) electrons. The van der Waals surface area contributed by atoms with Gasteiger partial charge in [0.2, 0.25) is 5.91 Å². The first-order valence-electron chi connectivity index (χ1n) is 12.2. The number of nitrogens with zero attached hydrogens (tertiary/aromatic N) is 2. The SMILES string of the molecule is C#CCn1c(=NC(=O)CS(=O)(=O)CC(=O)Nc2sc3c(c2C(=O)OC)CCCC3)sc2cc(OCC)ccc21. The molecule has 0 fully saturated rings. The molecule has 13 heteroatoms. The summed E-state index contributed by atoms with van der Waals surface area (Å²) in [5, 5.41) is 2.80. The molecule has 3 aromatic rings. The lowest BCUT2D eigenvalue weighted by atomic mass is 9.95. The Balaban J connectivity index is 1.51. The lowest BCUT2D eigenvalue weighted by Crippen LogP contribution is -2.28. The zero-order valence-corrected chi connectivity index (χ0v) is 23.9. The molecule has 1 aliphatic carbocycles. The second-order valence-corrected chi connectivity index (χ2v) is 12.9. The van der Waals surface area contributed by atoms with Gasteiger partial charge in [-0.1, -0.05) is 17.3 Å². The molecule has 10 nitrogen and oxygen atoms in total. The van der Waals surface area contributed by atoms with Crippen LogP contribution >= 0.6 is 22.7 Å². The number of ether oxygens (including phenoxy) is 2. The molecular formula is C26H27N3O7S3. The van der Waals surface area contributed by atoms with Crippen molar-refractivity contribution < 1.29 is 32.3 Å². The van der Waals surface area contributed by atoms with E-state index in [2.05, 4.69) is 16.2 Å². The minimum Gasteiger partial charge on any atom is -0.494 e. The van der Waals surface area contributed by atoms with Crippen LogP contribution in [0.15, 0.2) is 23.2 Å². The molecule has 0 spiro atoms. The average molecular weight is 590 g/mol. The molecule has 0 unspecified atom stereocenters. The molecule has 4 rings (SSSR count). The maximum Gasteiger partial charge on any atom is 0.341 e. The van der Waals surface area contributed by atoms with Gasteiger partial charge in [0.25, 0.3) is 5.91 Å². The number of anilines is 1. The van der Waals surface area contributed by atoms with E-state index >= 15 is 0 Å². The first-order chi connectivity index (χ1) is 18.7. The number of thiophene rings is 1. The van der Waals surface area contributed by atoms with Crippen molar-refractivity contribution in [3.63, 3.8) is 0 Å². The van der Waals surface area contributed by atoms with E-state index in [1.165, 1.54) is 29.8 Å².